The van der Waals surface area contributed by atoms with Crippen LogP contribution >= 0.6 is 0 Å². The van der Waals surface area contributed by atoms with Gasteiger partial charge in [-0.1, -0.05) is 30.3 Å². The molecule has 1 unspecified atom stereocenters. The third-order valence-electron chi connectivity index (χ3n) is 5.10. The molecule has 1 atom stereocenters. The van der Waals surface area contributed by atoms with Gasteiger partial charge < -0.3 is 9.47 Å². The summed E-state index contributed by atoms with van der Waals surface area (Å²) in [7, 11) is 1.81. The average Bonchev–Trinajstić information content (AvgIpc) is 3.27. The molecule has 0 radical (unpaired) electrons. The first-order valence-electron chi connectivity index (χ1n) is 9.01. The van der Waals surface area contributed by atoms with Crippen molar-refractivity contribution in [2.24, 2.45) is 7.05 Å². The molecule has 3 aromatic rings. The number of hydrogen-bond acceptors (Lipinski definition) is 3. The fourth-order valence-corrected chi connectivity index (χ4v) is 3.80. The number of benzene rings is 1. The Hall–Kier alpha value is -2.89. The number of hydrogen-bond donors (Lipinski definition) is 0. The lowest BCUT2D eigenvalue weighted by atomic mass is 10.0. The first-order valence-corrected chi connectivity index (χ1v) is 9.01. The first-order chi connectivity index (χ1) is 12.6. The SMILES string of the molecule is Cc1cnc(-c2ccccc2)n1C1CCCN(C(=O)c2ccnn2C)C1. The van der Waals surface area contributed by atoms with Crippen LogP contribution in [0.15, 0.2) is 48.8 Å². The lowest BCUT2D eigenvalue weighted by molar-refractivity contribution is 0.0668. The predicted molar refractivity (Wildman–Crippen MR) is 99.8 cm³/mol. The molecule has 4 rings (SSSR count). The van der Waals surface area contributed by atoms with E-state index in [4.69, 9.17) is 0 Å². The summed E-state index contributed by atoms with van der Waals surface area (Å²) < 4.78 is 3.93. The number of likely N-dealkylation sites (tertiary alicyclic amines) is 1. The molecule has 134 valence electrons. The van der Waals surface area contributed by atoms with Crippen LogP contribution in [0.4, 0.5) is 0 Å². The van der Waals surface area contributed by atoms with Crippen molar-refractivity contribution in [2.45, 2.75) is 25.8 Å². The monoisotopic (exact) mass is 349 g/mol. The van der Waals surface area contributed by atoms with Crippen LogP contribution in [-0.2, 0) is 7.05 Å². The topological polar surface area (TPSA) is 56.0 Å². The Balaban J connectivity index is 1.62. The van der Waals surface area contributed by atoms with E-state index in [0.29, 0.717) is 12.2 Å². The van der Waals surface area contributed by atoms with Crippen molar-refractivity contribution in [3.8, 4) is 11.4 Å². The summed E-state index contributed by atoms with van der Waals surface area (Å²) in [6.45, 7) is 3.57. The largest absolute Gasteiger partial charge is 0.335 e. The summed E-state index contributed by atoms with van der Waals surface area (Å²) in [5, 5.41) is 4.12. The van der Waals surface area contributed by atoms with E-state index in [1.807, 2.05) is 36.3 Å². The Kier molecular flexibility index (Phi) is 4.32. The molecular formula is C20H23N5O. The molecular weight excluding hydrogens is 326 g/mol. The highest BCUT2D eigenvalue weighted by molar-refractivity contribution is 5.92. The van der Waals surface area contributed by atoms with E-state index in [0.717, 1.165) is 36.5 Å². The minimum atomic E-state index is 0.0497. The van der Waals surface area contributed by atoms with E-state index in [1.54, 1.807) is 16.9 Å². The van der Waals surface area contributed by atoms with Crippen LogP contribution in [0.5, 0.6) is 0 Å². The van der Waals surface area contributed by atoms with E-state index < -0.39 is 0 Å². The molecule has 0 spiro atoms. The summed E-state index contributed by atoms with van der Waals surface area (Å²) in [6, 6.07) is 12.3. The molecule has 1 aliphatic rings. The standard InChI is InChI=1S/C20H23N5O/c1-15-13-21-19(16-7-4-3-5-8-16)25(15)17-9-6-12-24(14-17)20(26)18-10-11-22-23(18)2/h3-5,7-8,10-11,13,17H,6,9,12,14H2,1-2H3. The van der Waals surface area contributed by atoms with Gasteiger partial charge in [-0.3, -0.25) is 9.48 Å². The Morgan fingerprint density at radius 1 is 1.19 bits per heavy atom. The summed E-state index contributed by atoms with van der Waals surface area (Å²) in [5.41, 5.74) is 2.87. The zero-order valence-electron chi connectivity index (χ0n) is 15.2. The minimum absolute atomic E-state index is 0.0497. The summed E-state index contributed by atoms with van der Waals surface area (Å²) in [4.78, 5) is 19.5. The normalized spacial score (nSPS) is 17.5. The van der Waals surface area contributed by atoms with Crippen molar-refractivity contribution >= 4 is 5.91 Å². The molecule has 2 aromatic heterocycles. The van der Waals surface area contributed by atoms with E-state index in [-0.39, 0.29) is 11.9 Å². The molecule has 0 aliphatic carbocycles. The molecule has 0 N–H and O–H groups in total. The first kappa shape index (κ1) is 16.6. The van der Waals surface area contributed by atoms with Gasteiger partial charge >= 0.3 is 0 Å². The van der Waals surface area contributed by atoms with E-state index in [2.05, 4.69) is 33.7 Å². The minimum Gasteiger partial charge on any atom is -0.335 e. The molecule has 0 bridgehead atoms. The number of aromatic nitrogens is 4. The summed E-state index contributed by atoms with van der Waals surface area (Å²) in [6.07, 6.45) is 5.62. The third-order valence-corrected chi connectivity index (χ3v) is 5.10. The van der Waals surface area contributed by atoms with Gasteiger partial charge in [0.2, 0.25) is 0 Å². The molecule has 6 nitrogen and oxygen atoms in total. The number of amides is 1. The van der Waals surface area contributed by atoms with Crippen molar-refractivity contribution in [1.82, 2.24) is 24.2 Å². The maximum atomic E-state index is 12.9. The zero-order valence-corrected chi connectivity index (χ0v) is 15.2. The van der Waals surface area contributed by atoms with Crippen molar-refractivity contribution in [3.63, 3.8) is 0 Å². The quantitative estimate of drug-likeness (QED) is 0.730. The number of nitrogens with zero attached hydrogens (tertiary/aromatic N) is 5. The van der Waals surface area contributed by atoms with E-state index >= 15 is 0 Å². The Morgan fingerprint density at radius 3 is 2.73 bits per heavy atom. The van der Waals surface area contributed by atoms with Gasteiger partial charge in [0.25, 0.3) is 5.91 Å². The highest BCUT2D eigenvalue weighted by Gasteiger charge is 2.28. The molecule has 1 saturated heterocycles. The second-order valence-corrected chi connectivity index (χ2v) is 6.85. The Labute approximate surface area is 153 Å². The highest BCUT2D eigenvalue weighted by Crippen LogP contribution is 2.29. The maximum Gasteiger partial charge on any atom is 0.272 e. The number of aryl methyl sites for hydroxylation is 2. The predicted octanol–water partition coefficient (Wildman–Crippen LogP) is 3.07. The average molecular weight is 349 g/mol. The van der Waals surface area contributed by atoms with E-state index in [1.165, 1.54) is 0 Å². The Morgan fingerprint density at radius 2 is 2.00 bits per heavy atom. The van der Waals surface area contributed by atoms with Gasteiger partial charge in [0.15, 0.2) is 0 Å². The molecule has 1 aliphatic heterocycles. The maximum absolute atomic E-state index is 12.9. The molecule has 0 saturated carbocycles. The van der Waals surface area contributed by atoms with Crippen LogP contribution in [0.1, 0.15) is 35.1 Å². The van der Waals surface area contributed by atoms with Crippen molar-refractivity contribution < 1.29 is 4.79 Å². The second-order valence-electron chi connectivity index (χ2n) is 6.85. The molecule has 1 fully saturated rings. The van der Waals surface area contributed by atoms with Crippen LogP contribution in [0, 0.1) is 6.92 Å². The number of carbonyl (C=O) groups is 1. The number of carbonyl (C=O) groups excluding carboxylic acids is 1. The van der Waals surface area contributed by atoms with Gasteiger partial charge in [-0.25, -0.2) is 4.98 Å². The van der Waals surface area contributed by atoms with E-state index in [9.17, 15) is 4.79 Å². The molecule has 1 aromatic carbocycles. The number of imidazole rings is 1. The van der Waals surface area contributed by atoms with Gasteiger partial charge in [0.1, 0.15) is 11.5 Å². The van der Waals surface area contributed by atoms with Gasteiger partial charge in [0, 0.05) is 43.8 Å². The van der Waals surface area contributed by atoms with Crippen LogP contribution in [-0.4, -0.2) is 43.2 Å². The fraction of sp³-hybridized carbons (Fsp3) is 0.350. The summed E-state index contributed by atoms with van der Waals surface area (Å²) >= 11 is 0. The van der Waals surface area contributed by atoms with Crippen LogP contribution in [0.2, 0.25) is 0 Å². The lowest BCUT2D eigenvalue weighted by Crippen LogP contribution is -2.41. The molecule has 1 amide bonds. The molecule has 26 heavy (non-hydrogen) atoms. The smallest absolute Gasteiger partial charge is 0.272 e. The van der Waals surface area contributed by atoms with Crippen LogP contribution in [0.3, 0.4) is 0 Å². The van der Waals surface area contributed by atoms with Crippen molar-refractivity contribution in [2.75, 3.05) is 13.1 Å². The second kappa shape index (κ2) is 6.78. The Bertz CT molecular complexity index is 911. The molecule has 6 heteroatoms. The fourth-order valence-electron chi connectivity index (χ4n) is 3.80. The lowest BCUT2D eigenvalue weighted by Gasteiger charge is -2.34. The van der Waals surface area contributed by atoms with Crippen molar-refractivity contribution in [3.05, 3.63) is 60.2 Å². The van der Waals surface area contributed by atoms with Gasteiger partial charge in [-0.05, 0) is 25.8 Å². The van der Waals surface area contributed by atoms with Crippen LogP contribution < -0.4 is 0 Å². The number of rotatable bonds is 3. The van der Waals surface area contributed by atoms with Gasteiger partial charge in [-0.15, -0.1) is 0 Å². The molecule has 3 heterocycles. The third kappa shape index (κ3) is 2.92. The van der Waals surface area contributed by atoms with Gasteiger partial charge in [0.05, 0.1) is 6.04 Å². The van der Waals surface area contributed by atoms with Crippen molar-refractivity contribution in [1.29, 1.82) is 0 Å². The zero-order chi connectivity index (χ0) is 18.1. The van der Waals surface area contributed by atoms with Crippen LogP contribution in [0.25, 0.3) is 11.4 Å². The summed E-state index contributed by atoms with van der Waals surface area (Å²) in [5.74, 6) is 1.02. The number of piperidine rings is 1. The van der Waals surface area contributed by atoms with Gasteiger partial charge in [-0.2, -0.15) is 5.10 Å². The highest BCUT2D eigenvalue weighted by atomic mass is 16.2.